The van der Waals surface area contributed by atoms with Crippen molar-refractivity contribution in [3.05, 3.63) is 36.4 Å². The fourth-order valence-corrected chi connectivity index (χ4v) is 3.70. The second kappa shape index (κ2) is 6.35. The molecule has 1 unspecified atom stereocenters. The molecule has 0 saturated carbocycles. The average molecular weight is 320 g/mol. The zero-order chi connectivity index (χ0) is 14.2. The monoisotopic (exact) mass is 319 g/mol. The van der Waals surface area contributed by atoms with Gasteiger partial charge in [0, 0.05) is 12.1 Å². The van der Waals surface area contributed by atoms with Gasteiger partial charge >= 0.3 is 0 Å². The van der Waals surface area contributed by atoms with Crippen LogP contribution in [0.2, 0.25) is 0 Å². The number of hydrogen-bond donors (Lipinski definition) is 1. The highest BCUT2D eigenvalue weighted by molar-refractivity contribution is 5.85. The van der Waals surface area contributed by atoms with Gasteiger partial charge in [-0.3, -0.25) is 0 Å². The van der Waals surface area contributed by atoms with E-state index < -0.39 is 0 Å². The first-order valence-corrected chi connectivity index (χ1v) is 7.81. The van der Waals surface area contributed by atoms with E-state index >= 15 is 0 Å². The average Bonchev–Trinajstić information content (AvgIpc) is 2.85. The molecule has 3 atom stereocenters. The van der Waals surface area contributed by atoms with Crippen LogP contribution in [0, 0.1) is 0 Å². The minimum absolute atomic E-state index is 0. The molecule has 22 heavy (non-hydrogen) atoms. The Kier molecular flexibility index (Phi) is 4.46. The molecule has 0 aliphatic carbocycles. The summed E-state index contributed by atoms with van der Waals surface area (Å²) in [7, 11) is 1.70. The Bertz CT molecular complexity index is 649. The smallest absolute Gasteiger partial charge is 0.120 e. The molecular weight excluding hydrogens is 298 g/mol. The van der Waals surface area contributed by atoms with Crippen molar-refractivity contribution in [3.63, 3.8) is 0 Å². The van der Waals surface area contributed by atoms with Gasteiger partial charge in [-0.25, -0.2) is 0 Å². The van der Waals surface area contributed by atoms with Crippen LogP contribution in [0.1, 0.15) is 25.7 Å². The van der Waals surface area contributed by atoms with Crippen molar-refractivity contribution in [2.75, 3.05) is 7.11 Å². The predicted octanol–water partition coefficient (Wildman–Crippen LogP) is 3.93. The van der Waals surface area contributed by atoms with Crippen LogP contribution in [-0.2, 0) is 0 Å². The molecule has 0 spiro atoms. The number of hydrogen-bond acceptors (Lipinski definition) is 3. The van der Waals surface area contributed by atoms with E-state index in [4.69, 9.17) is 9.47 Å². The van der Waals surface area contributed by atoms with Gasteiger partial charge in [0.1, 0.15) is 17.6 Å². The minimum atomic E-state index is 0. The standard InChI is InChI=1S/C18H21NO2.ClH/c1-20-16-6-2-12-3-7-17(9-13(12)8-16)21-18-10-14-4-5-15(11-18)19-14;/h2-3,6-9,14-15,18-19H,4-5,10-11H2,1H3;1H/t14-,15+,18?;. The Hall–Kier alpha value is -1.45. The van der Waals surface area contributed by atoms with Crippen LogP contribution in [0.4, 0.5) is 0 Å². The lowest BCUT2D eigenvalue weighted by atomic mass is 10.0. The Balaban J connectivity index is 0.00000144. The lowest BCUT2D eigenvalue weighted by Crippen LogP contribution is -2.42. The molecular formula is C18H22ClNO2. The maximum atomic E-state index is 6.24. The summed E-state index contributed by atoms with van der Waals surface area (Å²) in [5.41, 5.74) is 0. The van der Waals surface area contributed by atoms with E-state index in [0.717, 1.165) is 24.3 Å². The summed E-state index contributed by atoms with van der Waals surface area (Å²) in [6.45, 7) is 0. The van der Waals surface area contributed by atoms with Crippen molar-refractivity contribution < 1.29 is 9.47 Å². The molecule has 2 aromatic rings. The van der Waals surface area contributed by atoms with E-state index in [1.54, 1.807) is 7.11 Å². The van der Waals surface area contributed by atoms with Gasteiger partial charge in [-0.15, -0.1) is 12.4 Å². The first-order valence-electron chi connectivity index (χ1n) is 7.81. The van der Waals surface area contributed by atoms with E-state index in [9.17, 15) is 0 Å². The third-order valence-electron chi connectivity index (χ3n) is 4.75. The van der Waals surface area contributed by atoms with Crippen molar-refractivity contribution in [2.24, 2.45) is 0 Å². The molecule has 2 aromatic carbocycles. The summed E-state index contributed by atoms with van der Waals surface area (Å²) in [6.07, 6.45) is 5.23. The van der Waals surface area contributed by atoms with Gasteiger partial charge in [0.15, 0.2) is 0 Å². The third-order valence-corrected chi connectivity index (χ3v) is 4.75. The van der Waals surface area contributed by atoms with Crippen molar-refractivity contribution in [3.8, 4) is 11.5 Å². The van der Waals surface area contributed by atoms with Crippen LogP contribution in [0.25, 0.3) is 10.8 Å². The van der Waals surface area contributed by atoms with E-state index in [-0.39, 0.29) is 12.4 Å². The molecule has 0 aromatic heterocycles. The molecule has 0 radical (unpaired) electrons. The molecule has 118 valence electrons. The number of fused-ring (bicyclic) bond motifs is 3. The molecule has 1 N–H and O–H groups in total. The van der Waals surface area contributed by atoms with Gasteiger partial charge in [0.2, 0.25) is 0 Å². The number of nitrogens with one attached hydrogen (secondary N) is 1. The second-order valence-electron chi connectivity index (χ2n) is 6.22. The SMILES string of the molecule is COc1ccc2ccc(OC3C[C@H]4CC[C@@H](C3)N4)cc2c1.Cl. The van der Waals surface area contributed by atoms with Gasteiger partial charge in [0.25, 0.3) is 0 Å². The number of methoxy groups -OCH3 is 1. The number of halogens is 1. The molecule has 2 fully saturated rings. The molecule has 4 rings (SSSR count). The van der Waals surface area contributed by atoms with Gasteiger partial charge in [-0.05, 0) is 60.7 Å². The van der Waals surface area contributed by atoms with Crippen LogP contribution >= 0.6 is 12.4 Å². The van der Waals surface area contributed by atoms with E-state index in [1.807, 2.05) is 6.07 Å². The van der Waals surface area contributed by atoms with Crippen molar-refractivity contribution in [2.45, 2.75) is 43.9 Å². The van der Waals surface area contributed by atoms with E-state index in [2.05, 4.69) is 35.6 Å². The minimum Gasteiger partial charge on any atom is -0.497 e. The zero-order valence-corrected chi connectivity index (χ0v) is 13.6. The Labute approximate surface area is 137 Å². The fraction of sp³-hybridized carbons (Fsp3) is 0.444. The summed E-state index contributed by atoms with van der Waals surface area (Å²) >= 11 is 0. The summed E-state index contributed by atoms with van der Waals surface area (Å²) in [4.78, 5) is 0. The van der Waals surface area contributed by atoms with Crippen molar-refractivity contribution >= 4 is 23.2 Å². The fourth-order valence-electron chi connectivity index (χ4n) is 3.70. The maximum absolute atomic E-state index is 6.24. The van der Waals surface area contributed by atoms with Crippen LogP contribution in [0.3, 0.4) is 0 Å². The van der Waals surface area contributed by atoms with Crippen LogP contribution < -0.4 is 14.8 Å². The Morgan fingerprint density at radius 1 is 0.909 bits per heavy atom. The summed E-state index contributed by atoms with van der Waals surface area (Å²) in [6, 6.07) is 13.8. The quantitative estimate of drug-likeness (QED) is 0.929. The maximum Gasteiger partial charge on any atom is 0.120 e. The predicted molar refractivity (Wildman–Crippen MR) is 91.3 cm³/mol. The lowest BCUT2D eigenvalue weighted by molar-refractivity contribution is 0.137. The molecule has 2 heterocycles. The number of piperidine rings is 1. The number of benzene rings is 2. The first-order chi connectivity index (χ1) is 10.3. The highest BCUT2D eigenvalue weighted by Crippen LogP contribution is 2.31. The molecule has 2 aliphatic heterocycles. The molecule has 2 aliphatic rings. The Morgan fingerprint density at radius 2 is 1.55 bits per heavy atom. The molecule has 0 amide bonds. The van der Waals surface area contributed by atoms with E-state index in [1.165, 1.54) is 23.6 Å². The summed E-state index contributed by atoms with van der Waals surface area (Å²) < 4.78 is 11.5. The normalized spacial score (nSPS) is 26.5. The van der Waals surface area contributed by atoms with Gasteiger partial charge < -0.3 is 14.8 Å². The van der Waals surface area contributed by atoms with Gasteiger partial charge in [0.05, 0.1) is 7.11 Å². The van der Waals surface area contributed by atoms with Crippen LogP contribution in [0.5, 0.6) is 11.5 Å². The van der Waals surface area contributed by atoms with Crippen molar-refractivity contribution in [1.82, 2.24) is 5.32 Å². The summed E-state index contributed by atoms with van der Waals surface area (Å²) in [5, 5.41) is 6.04. The Morgan fingerprint density at radius 3 is 2.23 bits per heavy atom. The molecule has 2 bridgehead atoms. The molecule has 4 heteroatoms. The lowest BCUT2D eigenvalue weighted by Gasteiger charge is -2.29. The number of ether oxygens (including phenoxy) is 2. The zero-order valence-electron chi connectivity index (χ0n) is 12.7. The molecule has 3 nitrogen and oxygen atoms in total. The highest BCUT2D eigenvalue weighted by Gasteiger charge is 2.34. The number of rotatable bonds is 3. The third kappa shape index (κ3) is 3.01. The van der Waals surface area contributed by atoms with Crippen LogP contribution in [-0.4, -0.2) is 25.3 Å². The van der Waals surface area contributed by atoms with Gasteiger partial charge in [-0.1, -0.05) is 12.1 Å². The van der Waals surface area contributed by atoms with Gasteiger partial charge in [-0.2, -0.15) is 0 Å². The molecule has 2 saturated heterocycles. The highest BCUT2D eigenvalue weighted by atomic mass is 35.5. The summed E-state index contributed by atoms with van der Waals surface area (Å²) in [5.74, 6) is 1.86. The first kappa shape index (κ1) is 15.4. The largest absolute Gasteiger partial charge is 0.497 e. The topological polar surface area (TPSA) is 30.5 Å². The van der Waals surface area contributed by atoms with E-state index in [0.29, 0.717) is 18.2 Å². The second-order valence-corrected chi connectivity index (χ2v) is 6.22. The van der Waals surface area contributed by atoms with Crippen LogP contribution in [0.15, 0.2) is 36.4 Å². The van der Waals surface area contributed by atoms with Crippen molar-refractivity contribution in [1.29, 1.82) is 0 Å².